The Hall–Kier alpha value is -1.55. The number of carboxylic acids is 1. The average Bonchev–Trinajstić information content (AvgIpc) is 2.46. The molecular weight excluding hydrogens is 266 g/mol. The quantitative estimate of drug-likeness (QED) is 0.839. The van der Waals surface area contributed by atoms with Crippen molar-refractivity contribution in [3.8, 4) is 0 Å². The van der Waals surface area contributed by atoms with Crippen LogP contribution in [0.2, 0.25) is 0 Å². The number of carbonyl (C=O) groups is 1. The van der Waals surface area contributed by atoms with E-state index in [0.29, 0.717) is 17.7 Å². The molecule has 0 heterocycles. The molecule has 3 unspecified atom stereocenters. The first-order chi connectivity index (χ1) is 9.92. The first-order valence-corrected chi connectivity index (χ1v) is 7.64. The van der Waals surface area contributed by atoms with Crippen molar-refractivity contribution in [1.29, 1.82) is 0 Å². The van der Waals surface area contributed by atoms with Crippen molar-refractivity contribution in [1.82, 2.24) is 0 Å². The second-order valence-electron chi connectivity index (χ2n) is 6.07. The number of hydrogen-bond acceptors (Lipinski definition) is 3. The maximum Gasteiger partial charge on any atom is 0.335 e. The van der Waals surface area contributed by atoms with Crippen molar-refractivity contribution in [2.75, 3.05) is 11.9 Å². The molecule has 4 heteroatoms. The van der Waals surface area contributed by atoms with Crippen LogP contribution in [0.5, 0.6) is 0 Å². The molecule has 1 aromatic carbocycles. The van der Waals surface area contributed by atoms with Gasteiger partial charge in [0.05, 0.1) is 11.7 Å². The molecule has 2 rings (SSSR count). The minimum Gasteiger partial charge on any atom is -0.478 e. The molecule has 3 atom stereocenters. The Kier molecular flexibility index (Phi) is 4.57. The van der Waals surface area contributed by atoms with E-state index in [1.165, 1.54) is 0 Å². The van der Waals surface area contributed by atoms with Gasteiger partial charge in [0.25, 0.3) is 0 Å². The molecule has 1 aliphatic carbocycles. The van der Waals surface area contributed by atoms with Gasteiger partial charge in [-0.3, -0.25) is 0 Å². The summed E-state index contributed by atoms with van der Waals surface area (Å²) >= 11 is 0. The fourth-order valence-corrected chi connectivity index (χ4v) is 3.12. The predicted octanol–water partition coefficient (Wildman–Crippen LogP) is 3.70. The minimum absolute atomic E-state index is 0.133. The van der Waals surface area contributed by atoms with Gasteiger partial charge in [0.2, 0.25) is 0 Å². The Balaban J connectivity index is 2.11. The van der Waals surface area contributed by atoms with Gasteiger partial charge in [0.15, 0.2) is 0 Å². The Morgan fingerprint density at radius 1 is 1.48 bits per heavy atom. The van der Waals surface area contributed by atoms with Crippen molar-refractivity contribution in [2.24, 2.45) is 5.41 Å². The zero-order valence-corrected chi connectivity index (χ0v) is 13.3. The van der Waals surface area contributed by atoms with Gasteiger partial charge in [0.1, 0.15) is 0 Å². The van der Waals surface area contributed by atoms with E-state index in [2.05, 4.69) is 19.2 Å². The summed E-state index contributed by atoms with van der Waals surface area (Å²) in [6, 6.07) is 5.60. The number of carboxylic acid groups (broad SMARTS) is 1. The number of hydrogen-bond donors (Lipinski definition) is 2. The van der Waals surface area contributed by atoms with Crippen LogP contribution in [0, 0.1) is 12.3 Å². The number of benzene rings is 1. The van der Waals surface area contributed by atoms with E-state index in [1.54, 1.807) is 12.1 Å². The number of aromatic carboxylic acids is 1. The highest BCUT2D eigenvalue weighted by molar-refractivity contribution is 5.88. The third kappa shape index (κ3) is 2.91. The predicted molar refractivity (Wildman–Crippen MR) is 84.0 cm³/mol. The summed E-state index contributed by atoms with van der Waals surface area (Å²) in [4.78, 5) is 11.0. The molecule has 1 fully saturated rings. The highest BCUT2D eigenvalue weighted by atomic mass is 16.5. The molecule has 4 nitrogen and oxygen atoms in total. The van der Waals surface area contributed by atoms with Gasteiger partial charge in [-0.2, -0.15) is 0 Å². The highest BCUT2D eigenvalue weighted by Crippen LogP contribution is 2.47. The third-order valence-corrected chi connectivity index (χ3v) is 4.91. The Morgan fingerprint density at radius 2 is 2.19 bits per heavy atom. The van der Waals surface area contributed by atoms with Gasteiger partial charge in [-0.1, -0.05) is 13.8 Å². The maximum absolute atomic E-state index is 11.0. The summed E-state index contributed by atoms with van der Waals surface area (Å²) < 4.78 is 5.82. The molecule has 0 amide bonds. The van der Waals surface area contributed by atoms with Crippen LogP contribution < -0.4 is 5.32 Å². The summed E-state index contributed by atoms with van der Waals surface area (Å²) in [6.07, 6.45) is 2.36. The van der Waals surface area contributed by atoms with Gasteiger partial charge in [-0.25, -0.2) is 4.79 Å². The molecule has 116 valence electrons. The van der Waals surface area contributed by atoms with Crippen LogP contribution >= 0.6 is 0 Å². The lowest BCUT2D eigenvalue weighted by atomic mass is 9.61. The number of nitrogens with one attached hydrogen (secondary N) is 1. The Bertz CT molecular complexity index is 529. The van der Waals surface area contributed by atoms with E-state index in [4.69, 9.17) is 9.84 Å². The van der Waals surface area contributed by atoms with E-state index in [9.17, 15) is 4.79 Å². The van der Waals surface area contributed by atoms with Gasteiger partial charge >= 0.3 is 5.97 Å². The zero-order valence-electron chi connectivity index (χ0n) is 13.3. The normalized spacial score (nSPS) is 28.0. The van der Waals surface area contributed by atoms with E-state index in [1.807, 2.05) is 19.9 Å². The third-order valence-electron chi connectivity index (χ3n) is 4.91. The van der Waals surface area contributed by atoms with Gasteiger partial charge in [0, 0.05) is 23.8 Å². The van der Waals surface area contributed by atoms with Crippen LogP contribution in [0.15, 0.2) is 18.2 Å². The maximum atomic E-state index is 11.0. The lowest BCUT2D eigenvalue weighted by molar-refractivity contribution is -0.109. The van der Waals surface area contributed by atoms with Crippen LogP contribution in [-0.4, -0.2) is 29.8 Å². The Labute approximate surface area is 126 Å². The van der Waals surface area contributed by atoms with Crippen LogP contribution in [0.3, 0.4) is 0 Å². The molecule has 0 saturated heterocycles. The number of ether oxygens (including phenoxy) is 1. The van der Waals surface area contributed by atoms with E-state index in [-0.39, 0.29) is 5.41 Å². The summed E-state index contributed by atoms with van der Waals surface area (Å²) in [5.74, 6) is -0.886. The first kappa shape index (κ1) is 15.8. The molecule has 0 aromatic heterocycles. The van der Waals surface area contributed by atoms with Crippen LogP contribution in [0.4, 0.5) is 5.69 Å². The summed E-state index contributed by atoms with van der Waals surface area (Å²) in [6.45, 7) is 9.18. The van der Waals surface area contributed by atoms with Crippen LogP contribution in [0.25, 0.3) is 0 Å². The van der Waals surface area contributed by atoms with E-state index >= 15 is 0 Å². The highest BCUT2D eigenvalue weighted by Gasteiger charge is 2.51. The molecule has 21 heavy (non-hydrogen) atoms. The van der Waals surface area contributed by atoms with Crippen molar-refractivity contribution in [3.05, 3.63) is 29.3 Å². The molecule has 0 aliphatic heterocycles. The van der Waals surface area contributed by atoms with Crippen molar-refractivity contribution in [3.63, 3.8) is 0 Å². The smallest absolute Gasteiger partial charge is 0.335 e. The topological polar surface area (TPSA) is 58.6 Å². The van der Waals surface area contributed by atoms with E-state index < -0.39 is 5.97 Å². The monoisotopic (exact) mass is 291 g/mol. The molecular formula is C17H25NO3. The van der Waals surface area contributed by atoms with Gasteiger partial charge < -0.3 is 15.2 Å². The molecule has 1 aromatic rings. The fraction of sp³-hybridized carbons (Fsp3) is 0.588. The summed E-state index contributed by atoms with van der Waals surface area (Å²) in [5.41, 5.74) is 2.44. The summed E-state index contributed by atoms with van der Waals surface area (Å²) in [7, 11) is 0. The number of rotatable bonds is 6. The second kappa shape index (κ2) is 6.06. The van der Waals surface area contributed by atoms with Crippen molar-refractivity contribution in [2.45, 2.75) is 52.7 Å². The van der Waals surface area contributed by atoms with Gasteiger partial charge in [-0.15, -0.1) is 0 Å². The second-order valence-corrected chi connectivity index (χ2v) is 6.07. The van der Waals surface area contributed by atoms with E-state index in [0.717, 1.165) is 30.7 Å². The lowest BCUT2D eigenvalue weighted by Crippen LogP contribution is -2.59. The minimum atomic E-state index is -0.886. The van der Waals surface area contributed by atoms with Crippen LogP contribution in [0.1, 0.15) is 49.5 Å². The largest absolute Gasteiger partial charge is 0.478 e. The summed E-state index contributed by atoms with van der Waals surface area (Å²) in [5, 5.41) is 12.6. The molecule has 0 spiro atoms. The molecule has 0 bridgehead atoms. The number of aryl methyl sites for hydroxylation is 1. The molecule has 2 N–H and O–H groups in total. The SMILES string of the molecule is CCOC1CC(Nc2ccc(C(=O)O)cc2C)C1(C)CC. The molecule has 1 aliphatic rings. The van der Waals surface area contributed by atoms with Crippen molar-refractivity contribution < 1.29 is 14.6 Å². The van der Waals surface area contributed by atoms with Gasteiger partial charge in [-0.05, 0) is 50.5 Å². The first-order valence-electron chi connectivity index (χ1n) is 7.64. The Morgan fingerprint density at radius 3 is 2.71 bits per heavy atom. The molecule has 1 saturated carbocycles. The van der Waals surface area contributed by atoms with Crippen molar-refractivity contribution >= 4 is 11.7 Å². The fourth-order valence-electron chi connectivity index (χ4n) is 3.12. The van der Waals surface area contributed by atoms with Crippen LogP contribution in [-0.2, 0) is 4.74 Å². The standard InChI is InChI=1S/C17H25NO3/c1-5-17(4)14(10-15(17)21-6-2)18-13-8-7-12(16(19)20)9-11(13)3/h7-9,14-15,18H,5-6,10H2,1-4H3,(H,19,20). The number of anilines is 1. The average molecular weight is 291 g/mol. The zero-order chi connectivity index (χ0) is 15.6. The lowest BCUT2D eigenvalue weighted by Gasteiger charge is -2.54. The molecule has 0 radical (unpaired) electrons.